The maximum Gasteiger partial charge on any atom is 0.323 e. The van der Waals surface area contributed by atoms with E-state index in [1.54, 1.807) is 4.90 Å². The smallest absolute Gasteiger partial charge is 0.323 e. The van der Waals surface area contributed by atoms with Gasteiger partial charge in [0.1, 0.15) is 0 Å². The minimum atomic E-state index is -0.332. The average Bonchev–Trinajstić information content (AvgIpc) is 3.11. The van der Waals surface area contributed by atoms with Gasteiger partial charge in [-0.25, -0.2) is 14.8 Å². The number of carbonyl (C=O) groups excluding carboxylic acids is 2. The molecular formula is C20H24N6O2. The number of anilines is 1. The van der Waals surface area contributed by atoms with Crippen molar-refractivity contribution in [1.82, 2.24) is 20.2 Å². The number of likely N-dealkylation sites (tertiary alicyclic amines) is 1. The average molecular weight is 380 g/mol. The number of fused-ring (bicyclic) bond motifs is 1. The van der Waals surface area contributed by atoms with Gasteiger partial charge >= 0.3 is 6.03 Å². The van der Waals surface area contributed by atoms with Crippen LogP contribution in [0.5, 0.6) is 0 Å². The summed E-state index contributed by atoms with van der Waals surface area (Å²) in [4.78, 5) is 35.3. The van der Waals surface area contributed by atoms with Crippen LogP contribution in [0, 0.1) is 0 Å². The number of urea groups is 1. The van der Waals surface area contributed by atoms with Crippen LogP contribution in [-0.2, 0) is 12.8 Å². The zero-order valence-electron chi connectivity index (χ0n) is 15.6. The van der Waals surface area contributed by atoms with Gasteiger partial charge in [-0.05, 0) is 36.8 Å². The van der Waals surface area contributed by atoms with Gasteiger partial charge in [0.15, 0.2) is 11.5 Å². The molecule has 146 valence electrons. The Hall–Kier alpha value is -3.00. The van der Waals surface area contributed by atoms with Gasteiger partial charge in [0, 0.05) is 37.6 Å². The predicted molar refractivity (Wildman–Crippen MR) is 105 cm³/mol. The first-order chi connectivity index (χ1) is 13.6. The second-order valence-electron chi connectivity index (χ2n) is 7.36. The second-order valence-corrected chi connectivity index (χ2v) is 7.36. The summed E-state index contributed by atoms with van der Waals surface area (Å²) in [5.74, 6) is -0.155. The SMILES string of the molecule is NC1CCN(C(=O)Nc2nccnc2C(=O)NC2Cc3ccccc3C2)CC1. The molecule has 1 saturated heterocycles. The lowest BCUT2D eigenvalue weighted by Crippen LogP contribution is -2.45. The Morgan fingerprint density at radius 2 is 1.68 bits per heavy atom. The second kappa shape index (κ2) is 7.93. The Balaban J connectivity index is 1.41. The highest BCUT2D eigenvalue weighted by Crippen LogP contribution is 2.22. The Morgan fingerprint density at radius 1 is 1.04 bits per heavy atom. The van der Waals surface area contributed by atoms with Gasteiger partial charge < -0.3 is 16.0 Å². The van der Waals surface area contributed by atoms with Crippen molar-refractivity contribution in [2.45, 2.75) is 37.8 Å². The first-order valence-corrected chi connectivity index (χ1v) is 9.60. The standard InChI is InChI=1S/C20H24N6O2/c21-15-5-9-26(10-6-15)20(28)25-18-17(22-7-8-23-18)19(27)24-16-11-13-3-1-2-4-14(13)12-16/h1-4,7-8,15-16H,5-6,9-12,21H2,(H,24,27)(H,23,25,28). The Kier molecular flexibility index (Phi) is 5.21. The van der Waals surface area contributed by atoms with E-state index in [9.17, 15) is 9.59 Å². The molecule has 0 radical (unpaired) electrons. The number of hydrogen-bond acceptors (Lipinski definition) is 5. The number of nitrogens with zero attached hydrogens (tertiary/aromatic N) is 3. The Bertz CT molecular complexity index is 854. The number of piperidine rings is 1. The molecule has 0 bridgehead atoms. The van der Waals surface area contributed by atoms with Crippen LogP contribution in [0.4, 0.5) is 10.6 Å². The highest BCUT2D eigenvalue weighted by molar-refractivity contribution is 6.00. The molecule has 2 aromatic rings. The van der Waals surface area contributed by atoms with Crippen molar-refractivity contribution >= 4 is 17.8 Å². The fourth-order valence-electron chi connectivity index (χ4n) is 3.79. The molecule has 0 atom stereocenters. The summed E-state index contributed by atoms with van der Waals surface area (Å²) in [7, 11) is 0. The van der Waals surface area contributed by atoms with E-state index in [-0.39, 0.29) is 35.5 Å². The van der Waals surface area contributed by atoms with Gasteiger partial charge in [-0.3, -0.25) is 10.1 Å². The van der Waals surface area contributed by atoms with Crippen molar-refractivity contribution in [2.24, 2.45) is 5.73 Å². The summed E-state index contributed by atoms with van der Waals surface area (Å²) in [5, 5.41) is 5.75. The number of nitrogens with two attached hydrogens (primary N) is 1. The number of aromatic nitrogens is 2. The van der Waals surface area contributed by atoms with Gasteiger partial charge in [-0.15, -0.1) is 0 Å². The van der Waals surface area contributed by atoms with Crippen molar-refractivity contribution < 1.29 is 9.59 Å². The first-order valence-electron chi connectivity index (χ1n) is 9.60. The third-order valence-corrected chi connectivity index (χ3v) is 5.35. The van der Waals surface area contributed by atoms with E-state index < -0.39 is 0 Å². The third kappa shape index (κ3) is 3.96. The van der Waals surface area contributed by atoms with E-state index in [2.05, 4.69) is 32.7 Å². The van der Waals surface area contributed by atoms with E-state index in [1.165, 1.54) is 23.5 Å². The number of amides is 3. The van der Waals surface area contributed by atoms with E-state index >= 15 is 0 Å². The van der Waals surface area contributed by atoms with Crippen LogP contribution in [0.15, 0.2) is 36.7 Å². The number of benzene rings is 1. The molecule has 4 rings (SSSR count). The number of nitrogens with one attached hydrogen (secondary N) is 2. The van der Waals surface area contributed by atoms with E-state index in [1.807, 2.05) is 12.1 Å². The van der Waals surface area contributed by atoms with Crippen LogP contribution in [0.1, 0.15) is 34.5 Å². The van der Waals surface area contributed by atoms with E-state index in [4.69, 9.17) is 5.73 Å². The van der Waals surface area contributed by atoms with E-state index in [0.717, 1.165) is 25.7 Å². The lowest BCUT2D eigenvalue weighted by atomic mass is 10.1. The van der Waals surface area contributed by atoms with Gasteiger partial charge in [0.25, 0.3) is 5.91 Å². The molecule has 8 heteroatoms. The molecule has 0 unspecified atom stereocenters. The van der Waals surface area contributed by atoms with Crippen LogP contribution < -0.4 is 16.4 Å². The van der Waals surface area contributed by atoms with Gasteiger partial charge in [-0.1, -0.05) is 24.3 Å². The Morgan fingerprint density at radius 3 is 2.36 bits per heavy atom. The molecule has 8 nitrogen and oxygen atoms in total. The molecule has 2 heterocycles. The largest absolute Gasteiger partial charge is 0.347 e. The Labute approximate surface area is 163 Å². The van der Waals surface area contributed by atoms with Crippen molar-refractivity contribution in [2.75, 3.05) is 18.4 Å². The molecule has 1 aliphatic heterocycles. The molecule has 0 saturated carbocycles. The summed E-state index contributed by atoms with van der Waals surface area (Å²) in [6.07, 6.45) is 6.03. The van der Waals surface area contributed by atoms with Gasteiger partial charge in [0.2, 0.25) is 0 Å². The highest BCUT2D eigenvalue weighted by Gasteiger charge is 2.26. The molecule has 1 aliphatic carbocycles. The van der Waals surface area contributed by atoms with Crippen molar-refractivity contribution in [3.05, 3.63) is 53.5 Å². The van der Waals surface area contributed by atoms with Gasteiger partial charge in [-0.2, -0.15) is 0 Å². The van der Waals surface area contributed by atoms with Crippen LogP contribution in [0.3, 0.4) is 0 Å². The maximum atomic E-state index is 12.8. The predicted octanol–water partition coefficient (Wildman–Crippen LogP) is 1.33. The maximum absolute atomic E-state index is 12.8. The van der Waals surface area contributed by atoms with Gasteiger partial charge in [0.05, 0.1) is 0 Å². The summed E-state index contributed by atoms with van der Waals surface area (Å²) in [6.45, 7) is 1.18. The van der Waals surface area contributed by atoms with Crippen LogP contribution >= 0.6 is 0 Å². The third-order valence-electron chi connectivity index (χ3n) is 5.35. The lowest BCUT2D eigenvalue weighted by Gasteiger charge is -2.30. The molecule has 4 N–H and O–H groups in total. The fraction of sp³-hybridized carbons (Fsp3) is 0.400. The summed E-state index contributed by atoms with van der Waals surface area (Å²) < 4.78 is 0. The van der Waals surface area contributed by atoms with Crippen molar-refractivity contribution in [3.8, 4) is 0 Å². The molecule has 1 aromatic carbocycles. The van der Waals surface area contributed by atoms with Crippen LogP contribution in [-0.4, -0.2) is 52.0 Å². The first kappa shape index (κ1) is 18.4. The molecule has 1 aromatic heterocycles. The van der Waals surface area contributed by atoms with Crippen LogP contribution in [0.25, 0.3) is 0 Å². The summed E-state index contributed by atoms with van der Waals surface area (Å²) in [5.41, 5.74) is 8.52. The highest BCUT2D eigenvalue weighted by atomic mass is 16.2. The minimum Gasteiger partial charge on any atom is -0.347 e. The molecule has 2 aliphatic rings. The zero-order chi connectivity index (χ0) is 19.5. The molecule has 28 heavy (non-hydrogen) atoms. The number of rotatable bonds is 3. The summed E-state index contributed by atoms with van der Waals surface area (Å²) in [6, 6.07) is 8.05. The lowest BCUT2D eigenvalue weighted by molar-refractivity contribution is 0.0934. The summed E-state index contributed by atoms with van der Waals surface area (Å²) >= 11 is 0. The normalized spacial score (nSPS) is 17.2. The molecule has 1 fully saturated rings. The monoisotopic (exact) mass is 380 g/mol. The van der Waals surface area contributed by atoms with Crippen molar-refractivity contribution in [3.63, 3.8) is 0 Å². The molecule has 3 amide bonds. The van der Waals surface area contributed by atoms with Crippen molar-refractivity contribution in [1.29, 1.82) is 0 Å². The topological polar surface area (TPSA) is 113 Å². The number of carbonyl (C=O) groups is 2. The quantitative estimate of drug-likeness (QED) is 0.743. The van der Waals surface area contributed by atoms with E-state index in [0.29, 0.717) is 13.1 Å². The molecule has 0 spiro atoms. The molecular weight excluding hydrogens is 356 g/mol. The minimum absolute atomic E-state index is 0.0130. The number of hydrogen-bond donors (Lipinski definition) is 3. The van der Waals surface area contributed by atoms with Crippen LogP contribution in [0.2, 0.25) is 0 Å². The fourth-order valence-corrected chi connectivity index (χ4v) is 3.79. The zero-order valence-corrected chi connectivity index (χ0v) is 15.6.